The zero-order valence-electron chi connectivity index (χ0n) is 8.98. The molecule has 0 aromatic carbocycles. The average Bonchev–Trinajstić information content (AvgIpc) is 2.10. The molecular formula is C11H21IO. The van der Waals surface area contributed by atoms with Gasteiger partial charge in [0.2, 0.25) is 0 Å². The molecule has 1 nitrogen and oxygen atoms in total. The molecule has 0 aliphatic heterocycles. The fourth-order valence-corrected chi connectivity index (χ4v) is 1.30. The van der Waals surface area contributed by atoms with Gasteiger partial charge in [-0.3, -0.25) is 0 Å². The molecule has 0 heterocycles. The van der Waals surface area contributed by atoms with Crippen molar-refractivity contribution in [2.45, 2.75) is 52.6 Å². The van der Waals surface area contributed by atoms with Gasteiger partial charge in [-0.1, -0.05) is 26.3 Å². The van der Waals surface area contributed by atoms with Crippen LogP contribution in [0.4, 0.5) is 0 Å². The van der Waals surface area contributed by atoms with Crippen LogP contribution in [0.15, 0.2) is 9.66 Å². The Morgan fingerprint density at radius 2 is 2.15 bits per heavy atom. The molecule has 0 aromatic heterocycles. The Labute approximate surface area is 96.1 Å². The molecule has 0 rings (SSSR count). The first kappa shape index (κ1) is 13.4. The van der Waals surface area contributed by atoms with Crippen LogP contribution in [0.5, 0.6) is 0 Å². The van der Waals surface area contributed by atoms with E-state index in [9.17, 15) is 0 Å². The molecule has 78 valence electrons. The summed E-state index contributed by atoms with van der Waals surface area (Å²) in [6.45, 7) is 7.43. The zero-order valence-corrected chi connectivity index (χ0v) is 11.1. The Kier molecular flexibility index (Phi) is 9.30. The Balaban J connectivity index is 3.57. The van der Waals surface area contributed by atoms with Crippen LogP contribution in [0.3, 0.4) is 0 Å². The maximum Gasteiger partial charge on any atom is 0.0607 e. The zero-order chi connectivity index (χ0) is 10.1. The highest BCUT2D eigenvalue weighted by Crippen LogP contribution is 2.11. The summed E-state index contributed by atoms with van der Waals surface area (Å²) in [5, 5.41) is 0. The van der Waals surface area contributed by atoms with Gasteiger partial charge in [-0.05, 0) is 52.4 Å². The lowest BCUT2D eigenvalue weighted by Gasteiger charge is -2.13. The summed E-state index contributed by atoms with van der Waals surface area (Å²) < 4.78 is 7.09. The fraction of sp³-hybridized carbons (Fsp3) is 0.818. The Bertz CT molecular complexity index is 139. The van der Waals surface area contributed by atoms with Gasteiger partial charge in [0.15, 0.2) is 0 Å². The van der Waals surface area contributed by atoms with Gasteiger partial charge in [-0.25, -0.2) is 0 Å². The largest absolute Gasteiger partial charge is 0.378 e. The van der Waals surface area contributed by atoms with E-state index in [0.717, 1.165) is 19.4 Å². The van der Waals surface area contributed by atoms with Crippen molar-refractivity contribution in [3.63, 3.8) is 0 Å². The van der Waals surface area contributed by atoms with Crippen LogP contribution in [0, 0.1) is 0 Å². The van der Waals surface area contributed by atoms with E-state index in [2.05, 4.69) is 49.4 Å². The van der Waals surface area contributed by atoms with Crippen molar-refractivity contribution in [2.24, 2.45) is 0 Å². The van der Waals surface area contributed by atoms with Crippen LogP contribution in [0.2, 0.25) is 0 Å². The van der Waals surface area contributed by atoms with Gasteiger partial charge in [-0.2, -0.15) is 0 Å². The van der Waals surface area contributed by atoms with Crippen molar-refractivity contribution in [1.82, 2.24) is 0 Å². The quantitative estimate of drug-likeness (QED) is 0.502. The van der Waals surface area contributed by atoms with Gasteiger partial charge in [0.1, 0.15) is 0 Å². The van der Waals surface area contributed by atoms with Crippen molar-refractivity contribution < 1.29 is 4.74 Å². The van der Waals surface area contributed by atoms with Crippen molar-refractivity contribution in [3.8, 4) is 0 Å². The number of rotatable bonds is 7. The van der Waals surface area contributed by atoms with E-state index in [0.29, 0.717) is 6.10 Å². The fourth-order valence-electron chi connectivity index (χ4n) is 1.04. The standard InChI is InChI=1S/C11H21IO/c1-4-6-9-13-11(5-2)8-7-10(3)12/h7,11H,4-6,8-9H2,1-3H3/b10-7+/t11-/m0/s1. The van der Waals surface area contributed by atoms with Gasteiger partial charge in [0.25, 0.3) is 0 Å². The first-order chi connectivity index (χ1) is 6.20. The Hall–Kier alpha value is 0.430. The summed E-state index contributed by atoms with van der Waals surface area (Å²) in [7, 11) is 0. The van der Waals surface area contributed by atoms with Gasteiger partial charge in [-0.15, -0.1) is 0 Å². The molecule has 0 aliphatic carbocycles. The van der Waals surface area contributed by atoms with E-state index in [1.165, 1.54) is 16.4 Å². The number of hydrogen-bond acceptors (Lipinski definition) is 1. The number of halogens is 1. The third-order valence-electron chi connectivity index (χ3n) is 1.97. The molecule has 0 amide bonds. The minimum absolute atomic E-state index is 0.427. The molecule has 0 saturated carbocycles. The Morgan fingerprint density at radius 3 is 2.62 bits per heavy atom. The van der Waals surface area contributed by atoms with Crippen LogP contribution in [-0.2, 0) is 4.74 Å². The SMILES string of the molecule is CCCCO[C@@H](CC)C/C=C(\C)I. The second-order valence-electron chi connectivity index (χ2n) is 3.28. The van der Waals surface area contributed by atoms with Crippen molar-refractivity contribution in [2.75, 3.05) is 6.61 Å². The molecule has 2 heteroatoms. The first-order valence-corrected chi connectivity index (χ1v) is 6.22. The third-order valence-corrected chi connectivity index (χ3v) is 2.41. The lowest BCUT2D eigenvalue weighted by atomic mass is 10.2. The maximum atomic E-state index is 5.73. The van der Waals surface area contributed by atoms with E-state index in [-0.39, 0.29) is 0 Å². The monoisotopic (exact) mass is 296 g/mol. The molecule has 0 radical (unpaired) electrons. The molecule has 0 aliphatic rings. The molecule has 0 bridgehead atoms. The molecule has 0 N–H and O–H groups in total. The highest BCUT2D eigenvalue weighted by Gasteiger charge is 2.03. The maximum absolute atomic E-state index is 5.73. The summed E-state index contributed by atoms with van der Waals surface area (Å²) in [6, 6.07) is 0. The molecule has 0 unspecified atom stereocenters. The van der Waals surface area contributed by atoms with Gasteiger partial charge in [0.05, 0.1) is 6.10 Å². The smallest absolute Gasteiger partial charge is 0.0607 e. The van der Waals surface area contributed by atoms with Crippen molar-refractivity contribution >= 4 is 22.6 Å². The van der Waals surface area contributed by atoms with Gasteiger partial charge < -0.3 is 4.74 Å². The number of allylic oxidation sites excluding steroid dienone is 1. The predicted molar refractivity (Wildman–Crippen MR) is 67.3 cm³/mol. The van der Waals surface area contributed by atoms with Crippen LogP contribution in [-0.4, -0.2) is 12.7 Å². The van der Waals surface area contributed by atoms with Gasteiger partial charge >= 0.3 is 0 Å². The van der Waals surface area contributed by atoms with Crippen LogP contribution in [0.25, 0.3) is 0 Å². The molecule has 0 fully saturated rings. The lowest BCUT2D eigenvalue weighted by molar-refractivity contribution is 0.0509. The summed E-state index contributed by atoms with van der Waals surface area (Å²) in [5.74, 6) is 0. The van der Waals surface area contributed by atoms with Crippen LogP contribution >= 0.6 is 22.6 Å². The van der Waals surface area contributed by atoms with E-state index < -0.39 is 0 Å². The van der Waals surface area contributed by atoms with E-state index >= 15 is 0 Å². The van der Waals surface area contributed by atoms with E-state index in [1.807, 2.05) is 0 Å². The number of ether oxygens (including phenoxy) is 1. The summed E-state index contributed by atoms with van der Waals surface area (Å²) in [5.41, 5.74) is 0. The average molecular weight is 296 g/mol. The van der Waals surface area contributed by atoms with E-state index in [4.69, 9.17) is 4.74 Å². The van der Waals surface area contributed by atoms with Crippen molar-refractivity contribution in [3.05, 3.63) is 9.66 Å². The second kappa shape index (κ2) is 9.00. The molecule has 0 aromatic rings. The minimum Gasteiger partial charge on any atom is -0.378 e. The molecular weight excluding hydrogens is 275 g/mol. The topological polar surface area (TPSA) is 9.23 Å². The first-order valence-electron chi connectivity index (χ1n) is 5.14. The molecule has 1 atom stereocenters. The predicted octanol–water partition coefficient (Wildman–Crippen LogP) is 4.31. The Morgan fingerprint density at radius 1 is 1.46 bits per heavy atom. The molecule has 0 saturated heterocycles. The second-order valence-corrected chi connectivity index (χ2v) is 4.98. The number of unbranched alkanes of at least 4 members (excludes halogenated alkanes) is 1. The summed E-state index contributed by atoms with van der Waals surface area (Å²) >= 11 is 2.34. The van der Waals surface area contributed by atoms with Gasteiger partial charge in [0, 0.05) is 6.61 Å². The minimum atomic E-state index is 0.427. The van der Waals surface area contributed by atoms with E-state index in [1.54, 1.807) is 0 Å². The van der Waals surface area contributed by atoms with Crippen molar-refractivity contribution in [1.29, 1.82) is 0 Å². The molecule has 13 heavy (non-hydrogen) atoms. The highest BCUT2D eigenvalue weighted by molar-refractivity contribution is 14.1. The third kappa shape index (κ3) is 8.75. The highest BCUT2D eigenvalue weighted by atomic mass is 127. The van der Waals surface area contributed by atoms with Crippen LogP contribution < -0.4 is 0 Å². The molecule has 0 spiro atoms. The number of hydrogen-bond donors (Lipinski definition) is 0. The summed E-state index contributed by atoms with van der Waals surface area (Å²) in [4.78, 5) is 0. The lowest BCUT2D eigenvalue weighted by Crippen LogP contribution is -2.11. The normalized spacial score (nSPS) is 14.6. The van der Waals surface area contributed by atoms with Crippen LogP contribution in [0.1, 0.15) is 46.5 Å². The summed E-state index contributed by atoms with van der Waals surface area (Å²) in [6.07, 6.45) is 7.26.